The molecule has 0 bridgehead atoms. The Morgan fingerprint density at radius 1 is 1.00 bits per heavy atom. The number of nitrogens with zero attached hydrogens (tertiary/aromatic N) is 1. The third kappa shape index (κ3) is 3.21. The van der Waals surface area contributed by atoms with E-state index in [1.165, 1.54) is 35.3 Å². The second-order valence-corrected chi connectivity index (χ2v) is 6.37. The predicted octanol–water partition coefficient (Wildman–Crippen LogP) is 4.42. The largest absolute Gasteiger partial charge is 0.382 e. The van der Waals surface area contributed by atoms with Gasteiger partial charge in [0.25, 0.3) is 0 Å². The van der Waals surface area contributed by atoms with Gasteiger partial charge in [0, 0.05) is 31.5 Å². The van der Waals surface area contributed by atoms with Crippen LogP contribution in [-0.4, -0.2) is 20.1 Å². The molecule has 2 nitrogen and oxygen atoms in total. The molecule has 1 fully saturated rings. The van der Waals surface area contributed by atoms with Crippen LogP contribution in [0.4, 0.5) is 11.4 Å². The van der Waals surface area contributed by atoms with Gasteiger partial charge in [-0.3, -0.25) is 0 Å². The second kappa shape index (κ2) is 5.80. The van der Waals surface area contributed by atoms with E-state index in [1.807, 2.05) is 0 Å². The molecular formula is C19H24N2. The van der Waals surface area contributed by atoms with E-state index in [2.05, 4.69) is 79.8 Å². The zero-order chi connectivity index (χ0) is 14.8. The predicted molar refractivity (Wildman–Crippen MR) is 91.3 cm³/mol. The Kier molecular flexibility index (Phi) is 3.87. The summed E-state index contributed by atoms with van der Waals surface area (Å²) >= 11 is 0. The van der Waals surface area contributed by atoms with Crippen molar-refractivity contribution >= 4 is 11.4 Å². The van der Waals surface area contributed by atoms with E-state index in [4.69, 9.17) is 0 Å². The summed E-state index contributed by atoms with van der Waals surface area (Å²) in [6, 6.07) is 18.2. The molecule has 3 rings (SSSR count). The molecule has 0 unspecified atom stereocenters. The Hall–Kier alpha value is -1.96. The van der Waals surface area contributed by atoms with Gasteiger partial charge in [0.15, 0.2) is 0 Å². The van der Waals surface area contributed by atoms with E-state index >= 15 is 0 Å². The number of hydrogen-bond donors (Lipinski definition) is 1. The highest BCUT2D eigenvalue weighted by Gasteiger charge is 2.30. The molecule has 0 radical (unpaired) electrons. The minimum atomic E-state index is 0.612. The van der Waals surface area contributed by atoms with Gasteiger partial charge >= 0.3 is 0 Å². The van der Waals surface area contributed by atoms with Crippen LogP contribution in [-0.2, 0) is 0 Å². The summed E-state index contributed by atoms with van der Waals surface area (Å²) in [4.78, 5) is 2.13. The first-order chi connectivity index (χ1) is 10.1. The highest BCUT2D eigenvalue weighted by molar-refractivity contribution is 5.55. The van der Waals surface area contributed by atoms with Crippen molar-refractivity contribution in [2.24, 2.45) is 0 Å². The fourth-order valence-corrected chi connectivity index (χ4v) is 3.02. The molecule has 21 heavy (non-hydrogen) atoms. The Balaban J connectivity index is 1.55. The first kappa shape index (κ1) is 14.0. The Morgan fingerprint density at radius 2 is 1.71 bits per heavy atom. The molecule has 0 saturated heterocycles. The lowest BCUT2D eigenvalue weighted by molar-refractivity contribution is 0.374. The summed E-state index contributed by atoms with van der Waals surface area (Å²) in [5.74, 6) is 0.725. The molecule has 0 atom stereocenters. The number of hydrogen-bond acceptors (Lipinski definition) is 2. The average Bonchev–Trinajstić information content (AvgIpc) is 2.43. The lowest BCUT2D eigenvalue weighted by Crippen LogP contribution is -2.34. The number of anilines is 2. The summed E-state index contributed by atoms with van der Waals surface area (Å²) in [6.45, 7) is 2.17. The zero-order valence-electron chi connectivity index (χ0n) is 13.1. The van der Waals surface area contributed by atoms with Crippen LogP contribution >= 0.6 is 0 Å². The van der Waals surface area contributed by atoms with Gasteiger partial charge in [0.05, 0.1) is 0 Å². The summed E-state index contributed by atoms with van der Waals surface area (Å²) in [7, 11) is 4.14. The van der Waals surface area contributed by atoms with Gasteiger partial charge in [-0.05, 0) is 55.5 Å². The quantitative estimate of drug-likeness (QED) is 0.892. The maximum atomic E-state index is 3.64. The molecule has 0 aromatic heterocycles. The molecule has 2 aromatic carbocycles. The van der Waals surface area contributed by atoms with Gasteiger partial charge < -0.3 is 10.2 Å². The molecular weight excluding hydrogens is 256 g/mol. The van der Waals surface area contributed by atoms with Gasteiger partial charge in [-0.1, -0.05) is 29.8 Å². The summed E-state index contributed by atoms with van der Waals surface area (Å²) in [5.41, 5.74) is 5.33. The van der Waals surface area contributed by atoms with Crippen molar-refractivity contribution < 1.29 is 0 Å². The van der Waals surface area contributed by atoms with Gasteiger partial charge in [-0.25, -0.2) is 0 Å². The van der Waals surface area contributed by atoms with Crippen LogP contribution in [0.2, 0.25) is 0 Å². The summed E-state index contributed by atoms with van der Waals surface area (Å²) in [6.07, 6.45) is 2.47. The van der Waals surface area contributed by atoms with Crippen molar-refractivity contribution in [2.75, 3.05) is 24.3 Å². The van der Waals surface area contributed by atoms with Gasteiger partial charge in [-0.2, -0.15) is 0 Å². The lowest BCUT2D eigenvalue weighted by Gasteiger charge is -2.37. The summed E-state index contributed by atoms with van der Waals surface area (Å²) in [5, 5.41) is 3.64. The number of rotatable bonds is 4. The van der Waals surface area contributed by atoms with Crippen molar-refractivity contribution in [3.63, 3.8) is 0 Å². The van der Waals surface area contributed by atoms with Crippen molar-refractivity contribution in [2.45, 2.75) is 31.7 Å². The third-order valence-corrected chi connectivity index (χ3v) is 4.41. The van der Waals surface area contributed by atoms with Crippen molar-refractivity contribution in [1.29, 1.82) is 0 Å². The number of aryl methyl sites for hydroxylation is 1. The highest BCUT2D eigenvalue weighted by Crippen LogP contribution is 2.38. The van der Waals surface area contributed by atoms with Crippen LogP contribution in [0.1, 0.15) is 29.9 Å². The number of benzene rings is 2. The maximum Gasteiger partial charge on any atom is 0.0362 e. The average molecular weight is 280 g/mol. The van der Waals surface area contributed by atoms with Crippen LogP contribution in [0.3, 0.4) is 0 Å². The standard InChI is InChI=1S/C19H24N2/c1-14-5-4-6-15(11-14)16-12-18(13-16)20-17-7-9-19(10-8-17)21(2)3/h4-11,16,18,20H,12-13H2,1-3H3. The van der Waals surface area contributed by atoms with E-state index in [9.17, 15) is 0 Å². The molecule has 0 spiro atoms. The fraction of sp³-hybridized carbons (Fsp3) is 0.368. The molecule has 110 valence electrons. The second-order valence-electron chi connectivity index (χ2n) is 6.37. The van der Waals surface area contributed by atoms with E-state index in [0.29, 0.717) is 6.04 Å². The zero-order valence-corrected chi connectivity index (χ0v) is 13.1. The van der Waals surface area contributed by atoms with Crippen LogP contribution in [0.5, 0.6) is 0 Å². The Bertz CT molecular complexity index is 595. The van der Waals surface area contributed by atoms with Crippen LogP contribution in [0.25, 0.3) is 0 Å². The molecule has 1 saturated carbocycles. The Labute approximate surface area is 127 Å². The van der Waals surface area contributed by atoms with Crippen LogP contribution in [0, 0.1) is 6.92 Å². The third-order valence-electron chi connectivity index (χ3n) is 4.41. The van der Waals surface area contributed by atoms with E-state index in [1.54, 1.807) is 0 Å². The molecule has 2 heteroatoms. The topological polar surface area (TPSA) is 15.3 Å². The number of nitrogens with one attached hydrogen (secondary N) is 1. The fourth-order valence-electron chi connectivity index (χ4n) is 3.02. The van der Waals surface area contributed by atoms with Gasteiger partial charge in [0.1, 0.15) is 0 Å². The molecule has 0 aliphatic heterocycles. The maximum absolute atomic E-state index is 3.64. The monoisotopic (exact) mass is 280 g/mol. The molecule has 1 N–H and O–H groups in total. The van der Waals surface area contributed by atoms with Gasteiger partial charge in [-0.15, -0.1) is 0 Å². The van der Waals surface area contributed by atoms with E-state index in [0.717, 1.165) is 5.92 Å². The van der Waals surface area contributed by atoms with Crippen LogP contribution in [0.15, 0.2) is 48.5 Å². The molecule has 0 amide bonds. The highest BCUT2D eigenvalue weighted by atomic mass is 15.1. The first-order valence-corrected chi connectivity index (χ1v) is 7.72. The summed E-state index contributed by atoms with van der Waals surface area (Å²) < 4.78 is 0. The first-order valence-electron chi connectivity index (χ1n) is 7.72. The normalized spacial score (nSPS) is 20.7. The minimum absolute atomic E-state index is 0.612. The smallest absolute Gasteiger partial charge is 0.0362 e. The van der Waals surface area contributed by atoms with Crippen LogP contribution < -0.4 is 10.2 Å². The molecule has 1 aliphatic rings. The van der Waals surface area contributed by atoms with E-state index < -0.39 is 0 Å². The van der Waals surface area contributed by atoms with Gasteiger partial charge in [0.2, 0.25) is 0 Å². The van der Waals surface area contributed by atoms with Crippen molar-refractivity contribution in [1.82, 2.24) is 0 Å². The lowest BCUT2D eigenvalue weighted by atomic mass is 9.75. The Morgan fingerprint density at radius 3 is 2.33 bits per heavy atom. The minimum Gasteiger partial charge on any atom is -0.382 e. The SMILES string of the molecule is Cc1cccc(C2CC(Nc3ccc(N(C)C)cc3)C2)c1. The molecule has 0 heterocycles. The molecule has 2 aromatic rings. The van der Waals surface area contributed by atoms with Crippen molar-refractivity contribution in [3.05, 3.63) is 59.7 Å². The van der Waals surface area contributed by atoms with Crippen molar-refractivity contribution in [3.8, 4) is 0 Å². The van der Waals surface area contributed by atoms with E-state index in [-0.39, 0.29) is 0 Å². The molecule has 1 aliphatic carbocycles.